The average Bonchev–Trinajstić information content (AvgIpc) is 3.14. The smallest absolute Gasteiger partial charge is 0.205 e. The van der Waals surface area contributed by atoms with Crippen molar-refractivity contribution in [3.05, 3.63) is 35.6 Å². The third kappa shape index (κ3) is 4.03. The molecule has 0 bridgehead atoms. The lowest BCUT2D eigenvalue weighted by atomic mass is 10.1. The van der Waals surface area contributed by atoms with Crippen molar-refractivity contribution in [2.24, 2.45) is 10.8 Å². The molecule has 0 amide bonds. The second kappa shape index (κ2) is 5.63. The van der Waals surface area contributed by atoms with Gasteiger partial charge in [-0.05, 0) is 37.0 Å². The fourth-order valence-corrected chi connectivity index (χ4v) is 1.50. The number of benzene rings is 1. The van der Waals surface area contributed by atoms with Gasteiger partial charge >= 0.3 is 0 Å². The molecule has 92 valence electrons. The molecule has 1 saturated carbocycles. The van der Waals surface area contributed by atoms with Gasteiger partial charge < -0.3 is 5.32 Å². The lowest BCUT2D eigenvalue weighted by Crippen LogP contribution is -2.42. The normalized spacial score (nSPS) is 15.8. The Morgan fingerprint density at radius 3 is 2.65 bits per heavy atom. The highest BCUT2D eigenvalue weighted by atomic mass is 19.1. The van der Waals surface area contributed by atoms with Gasteiger partial charge in [-0.1, -0.05) is 12.1 Å². The third-order valence-corrected chi connectivity index (χ3v) is 2.64. The average molecular weight is 236 g/mol. The van der Waals surface area contributed by atoms with Crippen LogP contribution in [0.2, 0.25) is 0 Å². The van der Waals surface area contributed by atoms with E-state index in [1.807, 2.05) is 0 Å². The van der Waals surface area contributed by atoms with Crippen molar-refractivity contribution in [3.63, 3.8) is 0 Å². The number of nitrogens with zero attached hydrogens (tertiary/aromatic N) is 1. The minimum absolute atomic E-state index is 0.211. The number of guanidine groups is 1. The Bertz CT molecular complexity index is 384. The fraction of sp³-hybridized carbons (Fsp3) is 0.417. The van der Waals surface area contributed by atoms with E-state index < -0.39 is 0 Å². The maximum atomic E-state index is 12.7. The molecule has 17 heavy (non-hydrogen) atoms. The van der Waals surface area contributed by atoms with Gasteiger partial charge in [-0.3, -0.25) is 10.4 Å². The summed E-state index contributed by atoms with van der Waals surface area (Å²) in [7, 11) is 0. The van der Waals surface area contributed by atoms with Crippen molar-refractivity contribution in [2.75, 3.05) is 6.54 Å². The van der Waals surface area contributed by atoms with Gasteiger partial charge in [-0.15, -0.1) is 0 Å². The van der Waals surface area contributed by atoms with E-state index >= 15 is 0 Å². The first-order valence-electron chi connectivity index (χ1n) is 5.80. The van der Waals surface area contributed by atoms with Crippen LogP contribution in [-0.2, 0) is 6.42 Å². The highest BCUT2D eigenvalue weighted by molar-refractivity contribution is 5.79. The van der Waals surface area contributed by atoms with Gasteiger partial charge in [0.2, 0.25) is 5.96 Å². The van der Waals surface area contributed by atoms with Crippen LogP contribution in [-0.4, -0.2) is 18.5 Å². The lowest BCUT2D eigenvalue weighted by molar-refractivity contribution is 0.627. The molecule has 4 N–H and O–H groups in total. The molecule has 0 atom stereocenters. The summed E-state index contributed by atoms with van der Waals surface area (Å²) in [5.74, 6) is 5.78. The van der Waals surface area contributed by atoms with Crippen molar-refractivity contribution in [3.8, 4) is 0 Å². The molecule has 0 spiro atoms. The Balaban J connectivity index is 1.79. The van der Waals surface area contributed by atoms with Crippen LogP contribution in [0.5, 0.6) is 0 Å². The lowest BCUT2D eigenvalue weighted by Gasteiger charge is -2.07. The first kappa shape index (κ1) is 11.9. The first-order chi connectivity index (χ1) is 8.28. The van der Waals surface area contributed by atoms with Crippen molar-refractivity contribution in [2.45, 2.75) is 25.3 Å². The topological polar surface area (TPSA) is 62.4 Å². The fourth-order valence-electron chi connectivity index (χ4n) is 1.50. The summed E-state index contributed by atoms with van der Waals surface area (Å²) in [6, 6.07) is 6.99. The standard InChI is InChI=1S/C12H17FN4/c13-10-3-1-9(2-4-10)7-8-15-12(17-14)16-11-5-6-11/h1-4,11H,5-8,14H2,(H2,15,16,17). The highest BCUT2D eigenvalue weighted by Crippen LogP contribution is 2.18. The van der Waals surface area contributed by atoms with E-state index in [1.54, 1.807) is 12.1 Å². The quantitative estimate of drug-likeness (QED) is 0.315. The first-order valence-corrected chi connectivity index (χ1v) is 5.80. The number of aliphatic imine (C=N–C) groups is 1. The molecule has 2 rings (SSSR count). The second-order valence-electron chi connectivity index (χ2n) is 4.17. The summed E-state index contributed by atoms with van der Waals surface area (Å²) in [6.45, 7) is 0.630. The minimum Gasteiger partial charge on any atom is -0.353 e. The van der Waals surface area contributed by atoms with Crippen LogP contribution in [0.25, 0.3) is 0 Å². The van der Waals surface area contributed by atoms with Crippen LogP contribution in [0.4, 0.5) is 4.39 Å². The largest absolute Gasteiger partial charge is 0.353 e. The summed E-state index contributed by atoms with van der Waals surface area (Å²) >= 11 is 0. The molecular formula is C12H17FN4. The second-order valence-corrected chi connectivity index (χ2v) is 4.17. The molecule has 0 radical (unpaired) electrons. The van der Waals surface area contributed by atoms with Crippen LogP contribution < -0.4 is 16.6 Å². The number of halogens is 1. The van der Waals surface area contributed by atoms with Gasteiger partial charge in [-0.25, -0.2) is 10.2 Å². The SMILES string of the molecule is NNC(=NCCc1ccc(F)cc1)NC1CC1. The van der Waals surface area contributed by atoms with Gasteiger partial charge in [0.1, 0.15) is 5.82 Å². The zero-order chi connectivity index (χ0) is 12.1. The van der Waals surface area contributed by atoms with Crippen LogP contribution in [0, 0.1) is 5.82 Å². The number of hydrazine groups is 1. The van der Waals surface area contributed by atoms with Gasteiger partial charge in [0.15, 0.2) is 0 Å². The van der Waals surface area contributed by atoms with Gasteiger partial charge in [0, 0.05) is 12.6 Å². The molecule has 0 saturated heterocycles. The molecule has 0 heterocycles. The van der Waals surface area contributed by atoms with Crippen molar-refractivity contribution >= 4 is 5.96 Å². The number of hydrogen-bond acceptors (Lipinski definition) is 2. The third-order valence-electron chi connectivity index (χ3n) is 2.64. The monoisotopic (exact) mass is 236 g/mol. The molecule has 1 aliphatic rings. The minimum atomic E-state index is -0.211. The van der Waals surface area contributed by atoms with Gasteiger partial charge in [-0.2, -0.15) is 0 Å². The van der Waals surface area contributed by atoms with E-state index in [1.165, 1.54) is 25.0 Å². The number of nitrogens with two attached hydrogens (primary N) is 1. The Morgan fingerprint density at radius 2 is 2.06 bits per heavy atom. The predicted molar refractivity (Wildman–Crippen MR) is 65.9 cm³/mol. The molecule has 1 aliphatic carbocycles. The number of hydrogen-bond donors (Lipinski definition) is 3. The van der Waals surface area contributed by atoms with Crippen LogP contribution in [0.3, 0.4) is 0 Å². The Hall–Kier alpha value is -1.62. The molecular weight excluding hydrogens is 219 g/mol. The highest BCUT2D eigenvalue weighted by Gasteiger charge is 2.21. The maximum absolute atomic E-state index is 12.7. The van der Waals surface area contributed by atoms with Gasteiger partial charge in [0.25, 0.3) is 0 Å². The predicted octanol–water partition coefficient (Wildman–Crippen LogP) is 0.939. The summed E-state index contributed by atoms with van der Waals surface area (Å²) in [6.07, 6.45) is 3.13. The maximum Gasteiger partial charge on any atom is 0.205 e. The van der Waals surface area contributed by atoms with E-state index in [-0.39, 0.29) is 5.82 Å². The molecule has 1 aromatic rings. The summed E-state index contributed by atoms with van der Waals surface area (Å²) in [4.78, 5) is 4.32. The van der Waals surface area contributed by atoms with Crippen molar-refractivity contribution in [1.82, 2.24) is 10.7 Å². The van der Waals surface area contributed by atoms with Crippen LogP contribution >= 0.6 is 0 Å². The number of rotatable bonds is 4. The number of nitrogens with one attached hydrogen (secondary N) is 2. The van der Waals surface area contributed by atoms with Crippen LogP contribution in [0.15, 0.2) is 29.3 Å². The van der Waals surface area contributed by atoms with E-state index in [4.69, 9.17) is 5.84 Å². The molecule has 0 unspecified atom stereocenters. The Labute approximate surface area is 100 Å². The molecule has 1 fully saturated rings. The Morgan fingerprint density at radius 1 is 1.35 bits per heavy atom. The van der Waals surface area contributed by atoms with E-state index in [2.05, 4.69) is 15.7 Å². The van der Waals surface area contributed by atoms with Crippen LogP contribution in [0.1, 0.15) is 18.4 Å². The van der Waals surface area contributed by atoms with Crippen molar-refractivity contribution in [1.29, 1.82) is 0 Å². The summed E-state index contributed by atoms with van der Waals surface area (Å²) < 4.78 is 12.7. The Kier molecular flexibility index (Phi) is 3.93. The van der Waals surface area contributed by atoms with Crippen molar-refractivity contribution < 1.29 is 4.39 Å². The van der Waals surface area contributed by atoms with Gasteiger partial charge in [0.05, 0.1) is 0 Å². The molecule has 0 aliphatic heterocycles. The zero-order valence-corrected chi connectivity index (χ0v) is 9.62. The molecule has 0 aromatic heterocycles. The zero-order valence-electron chi connectivity index (χ0n) is 9.62. The summed E-state index contributed by atoms with van der Waals surface area (Å²) in [5, 5.41) is 3.19. The molecule has 1 aromatic carbocycles. The summed E-state index contributed by atoms with van der Waals surface area (Å²) in [5.41, 5.74) is 3.62. The van der Waals surface area contributed by atoms with E-state index in [0.717, 1.165) is 12.0 Å². The van der Waals surface area contributed by atoms with E-state index in [9.17, 15) is 4.39 Å². The molecule has 5 heteroatoms. The molecule has 4 nitrogen and oxygen atoms in total. The van der Waals surface area contributed by atoms with E-state index in [0.29, 0.717) is 18.5 Å².